The molecule has 1 aromatic carbocycles. The van der Waals surface area contributed by atoms with Gasteiger partial charge in [0.2, 0.25) is 0 Å². The molecule has 0 saturated carbocycles. The zero-order valence-electron chi connectivity index (χ0n) is 10.5. The highest BCUT2D eigenvalue weighted by molar-refractivity contribution is 5.99. The van der Waals surface area contributed by atoms with Gasteiger partial charge in [0.1, 0.15) is 5.75 Å². The van der Waals surface area contributed by atoms with Crippen LogP contribution in [0.2, 0.25) is 0 Å². The van der Waals surface area contributed by atoms with E-state index in [0.29, 0.717) is 17.7 Å². The van der Waals surface area contributed by atoms with Gasteiger partial charge in [-0.1, -0.05) is 29.8 Å². The first kappa shape index (κ1) is 12.3. The van der Waals surface area contributed by atoms with Gasteiger partial charge in [0.25, 0.3) is 0 Å². The van der Waals surface area contributed by atoms with Crippen molar-refractivity contribution in [2.75, 3.05) is 7.11 Å². The van der Waals surface area contributed by atoms with Crippen molar-refractivity contribution < 1.29 is 9.53 Å². The lowest BCUT2D eigenvalue weighted by molar-refractivity contribution is 0.0990. The van der Waals surface area contributed by atoms with Gasteiger partial charge in [0.05, 0.1) is 18.9 Å². The van der Waals surface area contributed by atoms with Crippen LogP contribution in [0.25, 0.3) is 0 Å². The van der Waals surface area contributed by atoms with Crippen molar-refractivity contribution in [3.63, 3.8) is 0 Å². The minimum atomic E-state index is 0.0415. The number of carbonyl (C=O) groups is 1. The summed E-state index contributed by atoms with van der Waals surface area (Å²) >= 11 is 0. The minimum absolute atomic E-state index is 0.0415. The third-order valence-corrected chi connectivity index (χ3v) is 2.75. The predicted molar refractivity (Wildman–Crippen MR) is 70.0 cm³/mol. The van der Waals surface area contributed by atoms with Gasteiger partial charge >= 0.3 is 0 Å². The number of Topliss-reactive ketones (excluding diaryl/α,β-unsaturated/α-hetero) is 1. The maximum Gasteiger partial charge on any atom is 0.171 e. The van der Waals surface area contributed by atoms with E-state index in [-0.39, 0.29) is 5.78 Å². The summed E-state index contributed by atoms with van der Waals surface area (Å²) in [5.74, 6) is 0.565. The zero-order chi connectivity index (χ0) is 13.0. The largest absolute Gasteiger partial charge is 0.494 e. The Bertz CT molecular complexity index is 564. The van der Waals surface area contributed by atoms with E-state index in [2.05, 4.69) is 4.98 Å². The van der Waals surface area contributed by atoms with Crippen LogP contribution in [0.5, 0.6) is 5.75 Å². The van der Waals surface area contributed by atoms with Crippen LogP contribution in [0.15, 0.2) is 42.7 Å². The molecule has 0 aliphatic rings. The van der Waals surface area contributed by atoms with E-state index in [1.165, 1.54) is 0 Å². The number of hydrogen-bond acceptors (Lipinski definition) is 3. The smallest absolute Gasteiger partial charge is 0.171 e. The van der Waals surface area contributed by atoms with E-state index >= 15 is 0 Å². The number of aryl methyl sites for hydroxylation is 1. The van der Waals surface area contributed by atoms with Crippen molar-refractivity contribution >= 4 is 5.78 Å². The van der Waals surface area contributed by atoms with Gasteiger partial charge in [0.15, 0.2) is 5.78 Å². The first-order valence-corrected chi connectivity index (χ1v) is 5.77. The van der Waals surface area contributed by atoms with Gasteiger partial charge in [0, 0.05) is 12.6 Å². The maximum atomic E-state index is 12.2. The Balaban J connectivity index is 2.22. The average molecular weight is 241 g/mol. The highest BCUT2D eigenvalue weighted by atomic mass is 16.5. The number of pyridine rings is 1. The molecule has 0 saturated heterocycles. The average Bonchev–Trinajstić information content (AvgIpc) is 2.38. The SMILES string of the molecule is COc1cnccc1C(=O)Cc1cccc(C)c1. The summed E-state index contributed by atoms with van der Waals surface area (Å²) in [5, 5.41) is 0. The minimum Gasteiger partial charge on any atom is -0.494 e. The third-order valence-electron chi connectivity index (χ3n) is 2.75. The second kappa shape index (κ2) is 5.45. The quantitative estimate of drug-likeness (QED) is 0.773. The number of aromatic nitrogens is 1. The summed E-state index contributed by atoms with van der Waals surface area (Å²) in [6.07, 6.45) is 3.54. The molecule has 0 aliphatic carbocycles. The molecule has 92 valence electrons. The molecule has 0 N–H and O–H groups in total. The van der Waals surface area contributed by atoms with E-state index in [0.717, 1.165) is 11.1 Å². The second-order valence-electron chi connectivity index (χ2n) is 4.16. The van der Waals surface area contributed by atoms with E-state index in [9.17, 15) is 4.79 Å². The molecule has 1 aromatic heterocycles. The molecular formula is C15H15NO2. The lowest BCUT2D eigenvalue weighted by Crippen LogP contribution is -2.06. The monoisotopic (exact) mass is 241 g/mol. The Hall–Kier alpha value is -2.16. The topological polar surface area (TPSA) is 39.2 Å². The van der Waals surface area contributed by atoms with Crippen molar-refractivity contribution in [2.24, 2.45) is 0 Å². The molecule has 1 heterocycles. The number of hydrogen-bond donors (Lipinski definition) is 0. The van der Waals surface area contributed by atoms with Crippen LogP contribution < -0.4 is 4.74 Å². The summed E-state index contributed by atoms with van der Waals surface area (Å²) < 4.78 is 5.14. The van der Waals surface area contributed by atoms with Crippen LogP contribution in [-0.2, 0) is 6.42 Å². The number of carbonyl (C=O) groups excluding carboxylic acids is 1. The number of benzene rings is 1. The van der Waals surface area contributed by atoms with Crippen LogP contribution in [0.3, 0.4) is 0 Å². The van der Waals surface area contributed by atoms with E-state index in [1.54, 1.807) is 25.6 Å². The molecule has 0 aliphatic heterocycles. The lowest BCUT2D eigenvalue weighted by Gasteiger charge is -2.07. The van der Waals surface area contributed by atoms with Gasteiger partial charge in [-0.3, -0.25) is 9.78 Å². The second-order valence-corrected chi connectivity index (χ2v) is 4.16. The first-order valence-electron chi connectivity index (χ1n) is 5.77. The predicted octanol–water partition coefficient (Wildman–Crippen LogP) is 2.82. The Morgan fingerprint density at radius 2 is 2.17 bits per heavy atom. The molecule has 0 fully saturated rings. The normalized spacial score (nSPS) is 10.1. The summed E-state index contributed by atoms with van der Waals surface area (Å²) in [4.78, 5) is 16.1. The molecule has 3 heteroatoms. The fraction of sp³-hybridized carbons (Fsp3) is 0.200. The zero-order valence-corrected chi connectivity index (χ0v) is 10.5. The molecule has 0 atom stereocenters. The fourth-order valence-corrected chi connectivity index (χ4v) is 1.88. The summed E-state index contributed by atoms with van der Waals surface area (Å²) in [5.41, 5.74) is 2.75. The number of ether oxygens (including phenoxy) is 1. The molecule has 18 heavy (non-hydrogen) atoms. The van der Waals surface area contributed by atoms with Crippen LogP contribution in [0.1, 0.15) is 21.5 Å². The van der Waals surface area contributed by atoms with Crippen molar-refractivity contribution in [1.82, 2.24) is 4.98 Å². The van der Waals surface area contributed by atoms with Crippen molar-refractivity contribution in [1.29, 1.82) is 0 Å². The van der Waals surface area contributed by atoms with E-state index < -0.39 is 0 Å². The summed E-state index contributed by atoms with van der Waals surface area (Å²) in [6.45, 7) is 2.01. The van der Waals surface area contributed by atoms with Crippen molar-refractivity contribution in [3.8, 4) is 5.75 Å². The number of methoxy groups -OCH3 is 1. The van der Waals surface area contributed by atoms with Crippen LogP contribution in [-0.4, -0.2) is 17.9 Å². The molecular weight excluding hydrogens is 226 g/mol. The Kier molecular flexibility index (Phi) is 3.72. The molecule has 0 radical (unpaired) electrons. The van der Waals surface area contributed by atoms with E-state index in [4.69, 9.17) is 4.74 Å². The number of rotatable bonds is 4. The van der Waals surface area contributed by atoms with Crippen LogP contribution in [0.4, 0.5) is 0 Å². The molecule has 0 bridgehead atoms. The van der Waals surface area contributed by atoms with Gasteiger partial charge in [-0.25, -0.2) is 0 Å². The molecule has 3 nitrogen and oxygen atoms in total. The van der Waals surface area contributed by atoms with E-state index in [1.807, 2.05) is 31.2 Å². The Morgan fingerprint density at radius 3 is 2.89 bits per heavy atom. The molecule has 2 aromatic rings. The first-order chi connectivity index (χ1) is 8.70. The van der Waals surface area contributed by atoms with Crippen LogP contribution in [0, 0.1) is 6.92 Å². The lowest BCUT2D eigenvalue weighted by atomic mass is 10.0. The Labute approximate surface area is 106 Å². The van der Waals surface area contributed by atoms with Gasteiger partial charge < -0.3 is 4.74 Å². The van der Waals surface area contributed by atoms with Crippen molar-refractivity contribution in [2.45, 2.75) is 13.3 Å². The van der Waals surface area contributed by atoms with Crippen LogP contribution >= 0.6 is 0 Å². The molecule has 0 amide bonds. The maximum absolute atomic E-state index is 12.2. The fourth-order valence-electron chi connectivity index (χ4n) is 1.88. The highest BCUT2D eigenvalue weighted by Gasteiger charge is 2.12. The number of nitrogens with zero attached hydrogens (tertiary/aromatic N) is 1. The third kappa shape index (κ3) is 2.74. The summed E-state index contributed by atoms with van der Waals surface area (Å²) in [6, 6.07) is 9.64. The Morgan fingerprint density at radius 1 is 1.33 bits per heavy atom. The molecule has 0 unspecified atom stereocenters. The highest BCUT2D eigenvalue weighted by Crippen LogP contribution is 2.18. The number of ketones is 1. The van der Waals surface area contributed by atoms with Gasteiger partial charge in [-0.2, -0.15) is 0 Å². The van der Waals surface area contributed by atoms with Gasteiger partial charge in [-0.15, -0.1) is 0 Å². The van der Waals surface area contributed by atoms with Crippen molar-refractivity contribution in [3.05, 3.63) is 59.4 Å². The summed E-state index contributed by atoms with van der Waals surface area (Å²) in [7, 11) is 1.54. The molecule has 2 rings (SSSR count). The standard InChI is InChI=1S/C15H15NO2/c1-11-4-3-5-12(8-11)9-14(17)13-6-7-16-10-15(13)18-2/h3-8,10H,9H2,1-2H3. The molecule has 0 spiro atoms. The van der Waals surface area contributed by atoms with Gasteiger partial charge in [-0.05, 0) is 18.6 Å².